The highest BCUT2D eigenvalue weighted by Gasteiger charge is 2.56. The first-order valence-corrected chi connectivity index (χ1v) is 11.1. The molecule has 3 aliphatic rings. The number of sulfonamides is 1. The molecule has 1 amide bonds. The van der Waals surface area contributed by atoms with E-state index in [1.807, 2.05) is 0 Å². The molecule has 3 heterocycles. The van der Waals surface area contributed by atoms with E-state index in [1.54, 1.807) is 0 Å². The Balaban J connectivity index is 1.65. The molecule has 0 aromatic rings. The number of piperidine rings is 1. The second-order valence-corrected chi connectivity index (χ2v) is 9.30. The molecule has 2 atom stereocenters. The molecule has 13 heteroatoms. The fraction of sp³-hybridized carbons (Fsp3) is 0.647. The maximum absolute atomic E-state index is 14.1. The Morgan fingerprint density at radius 1 is 1.37 bits per heavy atom. The zero-order chi connectivity index (χ0) is 22.1. The van der Waals surface area contributed by atoms with E-state index in [1.165, 1.54) is 10.4 Å². The Bertz CT molecular complexity index is 923. The van der Waals surface area contributed by atoms with Gasteiger partial charge in [0.25, 0.3) is 0 Å². The van der Waals surface area contributed by atoms with E-state index in [9.17, 15) is 27.2 Å². The largest absolute Gasteiger partial charge is 0.400 e. The van der Waals surface area contributed by atoms with E-state index in [-0.39, 0.29) is 12.6 Å². The number of ether oxygens (including phenoxy) is 2. The van der Waals surface area contributed by atoms with Crippen LogP contribution in [0.4, 0.5) is 4.39 Å². The van der Waals surface area contributed by atoms with Crippen molar-refractivity contribution in [2.75, 3.05) is 32.4 Å². The summed E-state index contributed by atoms with van der Waals surface area (Å²) in [6.07, 6.45) is 0.574. The summed E-state index contributed by atoms with van der Waals surface area (Å²) in [6.45, 7) is -0.0907. The number of rotatable bonds is 4. The highest BCUT2D eigenvalue weighted by atomic mass is 32.2. The summed E-state index contributed by atoms with van der Waals surface area (Å²) in [4.78, 5) is 37.6. The van der Waals surface area contributed by atoms with Crippen molar-refractivity contribution in [3.63, 3.8) is 0 Å². The maximum atomic E-state index is 14.1. The van der Waals surface area contributed by atoms with Gasteiger partial charge in [0.1, 0.15) is 17.8 Å². The van der Waals surface area contributed by atoms with Gasteiger partial charge in [-0.05, 0) is 12.8 Å². The summed E-state index contributed by atoms with van der Waals surface area (Å²) < 4.78 is 48.7. The predicted octanol–water partition coefficient (Wildman–Crippen LogP) is -1.23. The van der Waals surface area contributed by atoms with Crippen molar-refractivity contribution in [2.45, 2.75) is 37.4 Å². The highest BCUT2D eigenvalue weighted by molar-refractivity contribution is 7.88. The van der Waals surface area contributed by atoms with Gasteiger partial charge in [-0.2, -0.15) is 5.26 Å². The average Bonchev–Trinajstić information content (AvgIpc) is 2.92. The number of nitrogens with one attached hydrogen (secondary N) is 1. The molecule has 3 aliphatic heterocycles. The van der Waals surface area contributed by atoms with Crippen molar-refractivity contribution >= 4 is 27.9 Å². The van der Waals surface area contributed by atoms with E-state index in [2.05, 4.69) is 5.32 Å². The Morgan fingerprint density at radius 2 is 2.03 bits per heavy atom. The molecule has 0 bridgehead atoms. The first kappa shape index (κ1) is 22.1. The quantitative estimate of drug-likeness (QED) is 0.527. The number of halogens is 1. The van der Waals surface area contributed by atoms with Crippen LogP contribution in [0.15, 0.2) is 11.6 Å². The number of nitrogens with zero attached hydrogens (tertiary/aromatic N) is 3. The van der Waals surface area contributed by atoms with Gasteiger partial charge in [-0.1, -0.05) is 0 Å². The molecule has 11 nitrogen and oxygen atoms in total. The van der Waals surface area contributed by atoms with Crippen LogP contribution in [-0.2, 0) is 33.9 Å². The Labute approximate surface area is 172 Å². The first-order chi connectivity index (χ1) is 14.0. The number of likely N-dealkylation sites (tertiary alicyclic amines) is 1. The zero-order valence-corrected chi connectivity index (χ0v) is 17.0. The third-order valence-electron chi connectivity index (χ3n) is 5.15. The zero-order valence-electron chi connectivity index (χ0n) is 16.2. The summed E-state index contributed by atoms with van der Waals surface area (Å²) in [6, 6.07) is 1.36. The van der Waals surface area contributed by atoms with E-state index >= 15 is 0 Å². The van der Waals surface area contributed by atoms with Crippen LogP contribution >= 0.6 is 0 Å². The minimum Gasteiger partial charge on any atom is -0.400 e. The van der Waals surface area contributed by atoms with Gasteiger partial charge in [0, 0.05) is 25.2 Å². The summed E-state index contributed by atoms with van der Waals surface area (Å²) >= 11 is 0. The fourth-order valence-corrected chi connectivity index (χ4v) is 4.53. The van der Waals surface area contributed by atoms with Crippen LogP contribution in [0.1, 0.15) is 19.3 Å². The Kier molecular flexibility index (Phi) is 6.11. The molecule has 2 saturated heterocycles. The number of nitriles is 1. The molecule has 164 valence electrons. The normalized spacial score (nSPS) is 28.5. The number of hydrogen-bond donors (Lipinski definition) is 1. The number of carbonyl (C=O) groups is 3. The molecule has 1 spiro atoms. The molecule has 30 heavy (non-hydrogen) atoms. The minimum atomic E-state index is -3.28. The highest BCUT2D eigenvalue weighted by Crippen LogP contribution is 2.36. The second-order valence-electron chi connectivity index (χ2n) is 7.32. The second kappa shape index (κ2) is 8.29. The van der Waals surface area contributed by atoms with E-state index < -0.39 is 58.5 Å². The Morgan fingerprint density at radius 3 is 2.63 bits per heavy atom. The van der Waals surface area contributed by atoms with E-state index in [0.717, 1.165) is 11.2 Å². The molecule has 0 aromatic carbocycles. The number of esters is 2. The van der Waals surface area contributed by atoms with E-state index in [4.69, 9.17) is 14.7 Å². The lowest BCUT2D eigenvalue weighted by molar-refractivity contribution is -0.264. The predicted molar refractivity (Wildman–Crippen MR) is 97.3 cm³/mol. The Hall–Kier alpha value is -2.56. The molecule has 0 aliphatic carbocycles. The van der Waals surface area contributed by atoms with Gasteiger partial charge >= 0.3 is 17.8 Å². The van der Waals surface area contributed by atoms with Crippen LogP contribution in [0.2, 0.25) is 0 Å². The van der Waals surface area contributed by atoms with Gasteiger partial charge in [0.2, 0.25) is 15.9 Å². The van der Waals surface area contributed by atoms with Crippen molar-refractivity contribution in [1.82, 2.24) is 14.5 Å². The van der Waals surface area contributed by atoms with Crippen LogP contribution in [0, 0.1) is 11.3 Å². The van der Waals surface area contributed by atoms with Crippen LogP contribution in [0.5, 0.6) is 0 Å². The molecule has 3 rings (SSSR count). The molecule has 0 aromatic heterocycles. The number of alkyl halides is 1. The van der Waals surface area contributed by atoms with Gasteiger partial charge in [-0.15, -0.1) is 0 Å². The lowest BCUT2D eigenvalue weighted by Crippen LogP contribution is -2.55. The van der Waals surface area contributed by atoms with Gasteiger partial charge in [0.05, 0.1) is 25.8 Å². The van der Waals surface area contributed by atoms with Gasteiger partial charge in [-0.25, -0.2) is 26.7 Å². The summed E-state index contributed by atoms with van der Waals surface area (Å²) in [5, 5.41) is 11.9. The summed E-state index contributed by atoms with van der Waals surface area (Å²) in [5.41, 5.74) is -0.609. The first-order valence-electron chi connectivity index (χ1n) is 9.25. The molecule has 0 radical (unpaired) electrons. The molecular weight excluding hydrogens is 423 g/mol. The van der Waals surface area contributed by atoms with Crippen molar-refractivity contribution in [2.24, 2.45) is 0 Å². The van der Waals surface area contributed by atoms with Gasteiger partial charge < -0.3 is 14.8 Å². The lowest BCUT2D eigenvalue weighted by atomic mass is 10.1. The third-order valence-corrected chi connectivity index (χ3v) is 6.46. The average molecular weight is 444 g/mol. The van der Waals surface area contributed by atoms with Crippen molar-refractivity contribution in [3.8, 4) is 6.07 Å². The van der Waals surface area contributed by atoms with Crippen molar-refractivity contribution in [1.29, 1.82) is 5.26 Å². The summed E-state index contributed by atoms with van der Waals surface area (Å²) in [7, 11) is -3.28. The van der Waals surface area contributed by atoms with Crippen LogP contribution in [-0.4, -0.2) is 86.0 Å². The number of hydrogen-bond acceptors (Lipinski definition) is 9. The lowest BCUT2D eigenvalue weighted by Gasteiger charge is -2.35. The molecule has 2 fully saturated rings. The molecule has 0 unspecified atom stereocenters. The third kappa shape index (κ3) is 4.61. The molecule has 0 saturated carbocycles. The van der Waals surface area contributed by atoms with Crippen LogP contribution in [0.3, 0.4) is 0 Å². The van der Waals surface area contributed by atoms with Crippen molar-refractivity contribution in [3.05, 3.63) is 11.6 Å². The number of amides is 1. The monoisotopic (exact) mass is 444 g/mol. The summed E-state index contributed by atoms with van der Waals surface area (Å²) in [5.74, 6) is -5.19. The molecular formula is C17H21FN4O7S. The fourth-order valence-electron chi connectivity index (χ4n) is 3.66. The molecule has 1 N–H and O–H groups in total. The van der Waals surface area contributed by atoms with Crippen LogP contribution in [0.25, 0.3) is 0 Å². The van der Waals surface area contributed by atoms with Crippen LogP contribution < -0.4 is 5.32 Å². The minimum absolute atomic E-state index is 0.141. The van der Waals surface area contributed by atoms with Crippen molar-refractivity contribution < 1.29 is 36.7 Å². The standard InChI is InChI=1S/C17H21FN4O7S/c1-30(26,27)21-4-2-13(3-5-21)20-9-14(23)22-10-12(18)7-17(22)28-15(24)6-11(8-19)16(25)29-17/h6,12-13,20H,2-5,7,9-10H2,1H3/t12-,17-/m0/s1. The van der Waals surface area contributed by atoms with E-state index in [0.29, 0.717) is 32.0 Å². The maximum Gasteiger partial charge on any atom is 0.353 e. The van der Waals surface area contributed by atoms with Gasteiger partial charge in [0.15, 0.2) is 0 Å². The van der Waals surface area contributed by atoms with Gasteiger partial charge in [-0.3, -0.25) is 9.69 Å². The SMILES string of the molecule is CS(=O)(=O)N1CCC(NCC(=O)N2C[C@@H](F)C[C@@]23OC(=O)C=C(C#N)C(=O)O3)CC1. The smallest absolute Gasteiger partial charge is 0.353 e. The topological polar surface area (TPSA) is 146 Å². The number of carbonyl (C=O) groups excluding carboxylic acids is 3.